The number of benzene rings is 1. The average molecular weight is 401 g/mol. The number of hydrogen-bond acceptors (Lipinski definition) is 2. The second-order valence-corrected chi connectivity index (χ2v) is 4.99. The van der Waals surface area contributed by atoms with Crippen molar-refractivity contribution in [2.45, 2.75) is 12.3 Å². The number of carbonyl (C=O) groups is 1. The Morgan fingerprint density at radius 2 is 2.07 bits per heavy atom. The van der Waals surface area contributed by atoms with Crippen molar-refractivity contribution >= 4 is 53.8 Å². The molecule has 0 radical (unpaired) electrons. The van der Waals surface area contributed by atoms with Crippen LogP contribution < -0.4 is 0 Å². The third-order valence-corrected chi connectivity index (χ3v) is 4.46. The molecule has 1 rings (SSSR count). The normalized spacial score (nSPS) is 10.1. The third kappa shape index (κ3) is 3.29. The van der Waals surface area contributed by atoms with Gasteiger partial charge in [-0.3, -0.25) is 0 Å². The fourth-order valence-corrected chi connectivity index (χ4v) is 2.76. The highest BCUT2D eigenvalue weighted by Gasteiger charge is 2.12. The van der Waals surface area contributed by atoms with Crippen molar-refractivity contribution in [1.29, 1.82) is 0 Å². The molecular weight excluding hydrogens is 392 g/mol. The van der Waals surface area contributed by atoms with Gasteiger partial charge in [0.25, 0.3) is 0 Å². The first-order valence-electron chi connectivity index (χ1n) is 4.31. The van der Waals surface area contributed by atoms with Crippen LogP contribution >= 0.6 is 47.8 Å². The van der Waals surface area contributed by atoms with Gasteiger partial charge < -0.3 is 4.74 Å². The molecule has 0 spiro atoms. The quantitative estimate of drug-likeness (QED) is 0.559. The van der Waals surface area contributed by atoms with Crippen LogP contribution in [0.2, 0.25) is 0 Å². The molecule has 5 heteroatoms. The van der Waals surface area contributed by atoms with E-state index in [9.17, 15) is 4.79 Å². The van der Waals surface area contributed by atoms with Crippen molar-refractivity contribution in [2.24, 2.45) is 0 Å². The Labute approximate surface area is 114 Å². The van der Waals surface area contributed by atoms with E-state index in [-0.39, 0.29) is 5.97 Å². The van der Waals surface area contributed by atoms with Crippen LogP contribution in [-0.2, 0) is 10.1 Å². The summed E-state index contributed by atoms with van der Waals surface area (Å²) in [5.74, 6) is -0.298. The molecule has 0 atom stereocenters. The van der Waals surface area contributed by atoms with Crippen molar-refractivity contribution in [2.75, 3.05) is 6.61 Å². The summed E-state index contributed by atoms with van der Waals surface area (Å²) in [7, 11) is 0. The highest BCUT2D eigenvalue weighted by Crippen LogP contribution is 2.30. The minimum atomic E-state index is -0.298. The van der Waals surface area contributed by atoms with E-state index in [1.54, 1.807) is 13.0 Å². The number of esters is 1. The summed E-state index contributed by atoms with van der Waals surface area (Å²) in [6, 6.07) is 3.55. The molecule has 0 aliphatic carbocycles. The summed E-state index contributed by atoms with van der Waals surface area (Å²) in [5, 5.41) is 0.680. The van der Waals surface area contributed by atoms with E-state index in [0.717, 1.165) is 14.5 Å². The highest BCUT2D eigenvalue weighted by atomic mass is 79.9. The van der Waals surface area contributed by atoms with E-state index in [1.807, 2.05) is 6.07 Å². The van der Waals surface area contributed by atoms with Crippen molar-refractivity contribution in [1.82, 2.24) is 0 Å². The Balaban J connectivity index is 3.10. The first-order chi connectivity index (χ1) is 7.10. The summed E-state index contributed by atoms with van der Waals surface area (Å²) in [5.41, 5.74) is 1.56. The molecule has 0 N–H and O–H groups in total. The van der Waals surface area contributed by atoms with Crippen LogP contribution in [0.3, 0.4) is 0 Å². The van der Waals surface area contributed by atoms with Crippen molar-refractivity contribution in [3.63, 3.8) is 0 Å². The van der Waals surface area contributed by atoms with Gasteiger partial charge >= 0.3 is 5.97 Å². The van der Waals surface area contributed by atoms with Crippen LogP contribution in [0.4, 0.5) is 0 Å². The Morgan fingerprint density at radius 3 is 2.60 bits per heavy atom. The summed E-state index contributed by atoms with van der Waals surface area (Å²) in [6.45, 7) is 2.17. The van der Waals surface area contributed by atoms with Crippen LogP contribution in [0.15, 0.2) is 21.1 Å². The van der Waals surface area contributed by atoms with Gasteiger partial charge in [-0.2, -0.15) is 0 Å². The number of halogens is 3. The standard InChI is InChI=1S/C10H9Br3O2/c1-2-15-10(14)6-3-7(5-11)9(13)8(12)4-6/h3-4H,2,5H2,1H3. The molecule has 0 saturated heterocycles. The monoisotopic (exact) mass is 398 g/mol. The molecule has 0 fully saturated rings. The van der Waals surface area contributed by atoms with E-state index < -0.39 is 0 Å². The first-order valence-corrected chi connectivity index (χ1v) is 7.01. The zero-order chi connectivity index (χ0) is 11.4. The number of ether oxygens (including phenoxy) is 1. The summed E-state index contributed by atoms with van der Waals surface area (Å²) >= 11 is 10.2. The predicted molar refractivity (Wildman–Crippen MR) is 70.4 cm³/mol. The molecule has 0 aliphatic heterocycles. The molecule has 0 unspecified atom stereocenters. The second kappa shape index (κ2) is 6.01. The van der Waals surface area contributed by atoms with Gasteiger partial charge in [0.15, 0.2) is 0 Å². The number of rotatable bonds is 3. The molecule has 0 bridgehead atoms. The van der Waals surface area contributed by atoms with E-state index in [1.165, 1.54) is 0 Å². The highest BCUT2D eigenvalue weighted by molar-refractivity contribution is 9.13. The molecule has 15 heavy (non-hydrogen) atoms. The smallest absolute Gasteiger partial charge is 0.338 e. The molecule has 2 nitrogen and oxygen atoms in total. The second-order valence-electron chi connectivity index (χ2n) is 2.79. The van der Waals surface area contributed by atoms with Gasteiger partial charge in [-0.1, -0.05) is 15.9 Å². The van der Waals surface area contributed by atoms with Gasteiger partial charge in [-0.05, 0) is 56.5 Å². The first kappa shape index (κ1) is 13.2. The lowest BCUT2D eigenvalue weighted by Crippen LogP contribution is -2.05. The van der Waals surface area contributed by atoms with Gasteiger partial charge in [0, 0.05) is 14.3 Å². The average Bonchev–Trinajstić information content (AvgIpc) is 2.22. The third-order valence-electron chi connectivity index (χ3n) is 1.76. The number of hydrogen-bond donors (Lipinski definition) is 0. The maximum atomic E-state index is 11.5. The van der Waals surface area contributed by atoms with Crippen LogP contribution in [-0.4, -0.2) is 12.6 Å². The summed E-state index contributed by atoms with van der Waals surface area (Å²) in [4.78, 5) is 11.5. The fourth-order valence-electron chi connectivity index (χ4n) is 1.08. The van der Waals surface area contributed by atoms with Gasteiger partial charge in [-0.25, -0.2) is 4.79 Å². The van der Waals surface area contributed by atoms with E-state index in [4.69, 9.17) is 4.74 Å². The van der Waals surface area contributed by atoms with E-state index in [2.05, 4.69) is 47.8 Å². The Hall–Kier alpha value is 0.130. The maximum absolute atomic E-state index is 11.5. The topological polar surface area (TPSA) is 26.3 Å². The largest absolute Gasteiger partial charge is 0.462 e. The predicted octanol–water partition coefficient (Wildman–Crippen LogP) is 4.28. The molecule has 0 amide bonds. The molecule has 0 aromatic heterocycles. The Bertz CT molecular complexity index is 377. The van der Waals surface area contributed by atoms with E-state index >= 15 is 0 Å². The minimum absolute atomic E-state index is 0.298. The molecule has 0 heterocycles. The van der Waals surface area contributed by atoms with Crippen molar-refractivity contribution < 1.29 is 9.53 Å². The van der Waals surface area contributed by atoms with Crippen molar-refractivity contribution in [3.8, 4) is 0 Å². The summed E-state index contributed by atoms with van der Waals surface area (Å²) < 4.78 is 6.73. The van der Waals surface area contributed by atoms with E-state index in [0.29, 0.717) is 17.5 Å². The zero-order valence-corrected chi connectivity index (χ0v) is 12.8. The van der Waals surface area contributed by atoms with Crippen molar-refractivity contribution in [3.05, 3.63) is 32.2 Å². The lowest BCUT2D eigenvalue weighted by Gasteiger charge is -2.07. The molecule has 82 valence electrons. The lowest BCUT2D eigenvalue weighted by molar-refractivity contribution is 0.0526. The number of carbonyl (C=O) groups excluding carboxylic acids is 1. The van der Waals surface area contributed by atoms with Crippen LogP contribution in [0.5, 0.6) is 0 Å². The zero-order valence-electron chi connectivity index (χ0n) is 8.02. The fraction of sp³-hybridized carbons (Fsp3) is 0.300. The van der Waals surface area contributed by atoms with Gasteiger partial charge in [0.2, 0.25) is 0 Å². The molecular formula is C10H9Br3O2. The Morgan fingerprint density at radius 1 is 1.40 bits per heavy atom. The molecule has 0 aliphatic rings. The lowest BCUT2D eigenvalue weighted by atomic mass is 10.1. The molecule has 1 aromatic rings. The minimum Gasteiger partial charge on any atom is -0.462 e. The number of alkyl halides is 1. The SMILES string of the molecule is CCOC(=O)c1cc(Br)c(Br)c(CBr)c1. The molecule has 0 saturated carbocycles. The molecule has 1 aromatic carbocycles. The van der Waals surface area contributed by atoms with Crippen LogP contribution in [0.1, 0.15) is 22.8 Å². The van der Waals surface area contributed by atoms with Gasteiger partial charge in [-0.15, -0.1) is 0 Å². The van der Waals surface area contributed by atoms with Gasteiger partial charge in [0.1, 0.15) is 0 Å². The summed E-state index contributed by atoms with van der Waals surface area (Å²) in [6.07, 6.45) is 0. The van der Waals surface area contributed by atoms with Crippen LogP contribution in [0.25, 0.3) is 0 Å². The van der Waals surface area contributed by atoms with Gasteiger partial charge in [0.05, 0.1) is 12.2 Å². The Kier molecular flexibility index (Phi) is 5.29. The maximum Gasteiger partial charge on any atom is 0.338 e. The van der Waals surface area contributed by atoms with Crippen LogP contribution in [0, 0.1) is 0 Å².